The molecule has 0 heterocycles. The Kier molecular flexibility index (Phi) is 4.84. The molecule has 1 aromatic rings. The Labute approximate surface area is 117 Å². The lowest BCUT2D eigenvalue weighted by molar-refractivity contribution is -0.197. The molecule has 2 N–H and O–H groups in total. The SMILES string of the molecule is Cc1ccc(O)c(C(=O)OC(CS(=O)(=O)O)C(F)(F)F)c1. The van der Waals surface area contributed by atoms with Gasteiger partial charge in [0.15, 0.2) is 0 Å². The molecule has 0 bridgehead atoms. The molecule has 0 saturated heterocycles. The summed E-state index contributed by atoms with van der Waals surface area (Å²) in [5, 5.41) is 9.40. The smallest absolute Gasteiger partial charge is 0.426 e. The minimum absolute atomic E-state index is 0.470. The second-order valence-electron chi connectivity index (χ2n) is 4.20. The predicted molar refractivity (Wildman–Crippen MR) is 64.5 cm³/mol. The van der Waals surface area contributed by atoms with Crippen molar-refractivity contribution in [1.82, 2.24) is 0 Å². The van der Waals surface area contributed by atoms with E-state index in [1.165, 1.54) is 13.0 Å². The highest BCUT2D eigenvalue weighted by atomic mass is 32.2. The van der Waals surface area contributed by atoms with E-state index in [4.69, 9.17) is 4.55 Å². The number of carbonyl (C=O) groups is 1. The van der Waals surface area contributed by atoms with Crippen LogP contribution < -0.4 is 0 Å². The van der Waals surface area contributed by atoms with Crippen LogP contribution >= 0.6 is 0 Å². The van der Waals surface area contributed by atoms with Gasteiger partial charge in [-0.05, 0) is 19.1 Å². The van der Waals surface area contributed by atoms with Gasteiger partial charge in [-0.25, -0.2) is 4.79 Å². The van der Waals surface area contributed by atoms with Crippen LogP contribution in [0.25, 0.3) is 0 Å². The Balaban J connectivity index is 3.03. The van der Waals surface area contributed by atoms with Gasteiger partial charge >= 0.3 is 12.1 Å². The van der Waals surface area contributed by atoms with Crippen LogP contribution in [0.2, 0.25) is 0 Å². The van der Waals surface area contributed by atoms with E-state index in [0.717, 1.165) is 12.1 Å². The molecule has 0 radical (unpaired) electrons. The van der Waals surface area contributed by atoms with Gasteiger partial charge in [0.25, 0.3) is 10.1 Å². The van der Waals surface area contributed by atoms with Crippen LogP contribution in [0.1, 0.15) is 15.9 Å². The first kappa shape index (κ1) is 17.2. The Morgan fingerprint density at radius 1 is 1.38 bits per heavy atom. The number of esters is 1. The third kappa shape index (κ3) is 5.23. The van der Waals surface area contributed by atoms with Gasteiger partial charge in [0.1, 0.15) is 17.1 Å². The van der Waals surface area contributed by atoms with E-state index < -0.39 is 45.4 Å². The van der Waals surface area contributed by atoms with Crippen molar-refractivity contribution in [3.63, 3.8) is 0 Å². The van der Waals surface area contributed by atoms with Gasteiger partial charge in [0, 0.05) is 0 Å². The summed E-state index contributed by atoms with van der Waals surface area (Å²) in [5.74, 6) is -3.99. The zero-order valence-electron chi connectivity index (χ0n) is 10.6. The number of halogens is 3. The highest BCUT2D eigenvalue weighted by Gasteiger charge is 2.45. The number of rotatable bonds is 4. The van der Waals surface area contributed by atoms with Gasteiger partial charge < -0.3 is 9.84 Å². The highest BCUT2D eigenvalue weighted by molar-refractivity contribution is 7.85. The van der Waals surface area contributed by atoms with Gasteiger partial charge in [0.05, 0.1) is 0 Å². The monoisotopic (exact) mass is 328 g/mol. The summed E-state index contributed by atoms with van der Waals surface area (Å²) >= 11 is 0. The first-order chi connectivity index (χ1) is 9.40. The molecule has 10 heteroatoms. The van der Waals surface area contributed by atoms with Crippen LogP contribution in [0.5, 0.6) is 5.75 Å². The Morgan fingerprint density at radius 2 is 1.95 bits per heavy atom. The molecule has 1 rings (SSSR count). The molecule has 6 nitrogen and oxygen atoms in total. The first-order valence-corrected chi connectivity index (χ1v) is 7.03. The average molecular weight is 328 g/mol. The van der Waals surface area contributed by atoms with Crippen LogP contribution in [0.4, 0.5) is 13.2 Å². The molecular weight excluding hydrogens is 317 g/mol. The van der Waals surface area contributed by atoms with Crippen molar-refractivity contribution in [2.75, 3.05) is 5.75 Å². The van der Waals surface area contributed by atoms with Gasteiger partial charge in [0.2, 0.25) is 6.10 Å². The van der Waals surface area contributed by atoms with Crippen molar-refractivity contribution in [3.05, 3.63) is 29.3 Å². The maximum atomic E-state index is 12.6. The summed E-state index contributed by atoms with van der Waals surface area (Å²) < 4.78 is 71.4. The number of phenolic OH excluding ortho intramolecular Hbond substituents is 1. The van der Waals surface area contributed by atoms with E-state index in [2.05, 4.69) is 4.74 Å². The molecule has 0 aliphatic rings. The minimum atomic E-state index is -5.19. The summed E-state index contributed by atoms with van der Waals surface area (Å²) in [6.07, 6.45) is -8.23. The van der Waals surface area contributed by atoms with E-state index in [-0.39, 0.29) is 0 Å². The lowest BCUT2D eigenvalue weighted by atomic mass is 10.1. The second-order valence-corrected chi connectivity index (χ2v) is 5.70. The quantitative estimate of drug-likeness (QED) is 0.644. The largest absolute Gasteiger partial charge is 0.507 e. The van der Waals surface area contributed by atoms with Gasteiger partial charge in [-0.2, -0.15) is 21.6 Å². The normalized spacial score (nSPS) is 13.8. The number of ether oxygens (including phenoxy) is 1. The number of aryl methyl sites for hydroxylation is 1. The fourth-order valence-corrected chi connectivity index (χ4v) is 2.03. The molecule has 0 aliphatic carbocycles. The molecule has 1 atom stereocenters. The maximum Gasteiger partial charge on any atom is 0.426 e. The number of aromatic hydroxyl groups is 1. The molecule has 21 heavy (non-hydrogen) atoms. The Hall–Kier alpha value is -1.81. The van der Waals surface area contributed by atoms with Gasteiger partial charge in [-0.15, -0.1) is 0 Å². The van der Waals surface area contributed by atoms with Crippen LogP contribution in [-0.2, 0) is 14.9 Å². The van der Waals surface area contributed by atoms with Crippen LogP contribution in [0.15, 0.2) is 18.2 Å². The molecule has 1 unspecified atom stereocenters. The summed E-state index contributed by atoms with van der Waals surface area (Å²) in [6.45, 7) is 1.52. The van der Waals surface area contributed by atoms with E-state index in [1.54, 1.807) is 0 Å². The van der Waals surface area contributed by atoms with Crippen LogP contribution in [0, 0.1) is 6.92 Å². The van der Waals surface area contributed by atoms with E-state index in [0.29, 0.717) is 5.56 Å². The fourth-order valence-electron chi connectivity index (χ4n) is 1.39. The summed E-state index contributed by atoms with van der Waals surface area (Å²) in [7, 11) is -5.01. The standard InChI is InChI=1S/C11H11F3O6S/c1-6-2-3-8(15)7(4-6)10(16)20-9(11(12,13)14)5-21(17,18)19/h2-4,9,15H,5H2,1H3,(H,17,18,19). The molecule has 1 aromatic carbocycles. The fraction of sp³-hybridized carbons (Fsp3) is 0.364. The summed E-state index contributed by atoms with van der Waals surface area (Å²) in [6, 6.07) is 3.57. The third-order valence-electron chi connectivity index (χ3n) is 2.35. The molecule has 0 aliphatic heterocycles. The van der Waals surface area contributed by atoms with E-state index in [1.807, 2.05) is 0 Å². The van der Waals surface area contributed by atoms with Crippen molar-refractivity contribution in [1.29, 1.82) is 0 Å². The number of phenols is 1. The van der Waals surface area contributed by atoms with Gasteiger partial charge in [-0.1, -0.05) is 11.6 Å². The molecule has 0 amide bonds. The number of hydrogen-bond acceptors (Lipinski definition) is 5. The second kappa shape index (κ2) is 5.90. The zero-order chi connectivity index (χ0) is 16.4. The average Bonchev–Trinajstić information content (AvgIpc) is 2.28. The molecule has 0 fully saturated rings. The highest BCUT2D eigenvalue weighted by Crippen LogP contribution is 2.27. The van der Waals surface area contributed by atoms with Crippen LogP contribution in [-0.4, -0.2) is 42.1 Å². The number of carbonyl (C=O) groups excluding carboxylic acids is 1. The third-order valence-corrected chi connectivity index (χ3v) is 3.07. The number of benzene rings is 1. The van der Waals surface area contributed by atoms with E-state index >= 15 is 0 Å². The molecule has 0 spiro atoms. The summed E-state index contributed by atoms with van der Waals surface area (Å²) in [4.78, 5) is 11.6. The first-order valence-electron chi connectivity index (χ1n) is 5.42. The molecular formula is C11H11F3O6S. The lowest BCUT2D eigenvalue weighted by Crippen LogP contribution is -2.39. The van der Waals surface area contributed by atoms with Crippen LogP contribution in [0.3, 0.4) is 0 Å². The molecule has 0 saturated carbocycles. The van der Waals surface area contributed by atoms with Gasteiger partial charge in [-0.3, -0.25) is 4.55 Å². The Morgan fingerprint density at radius 3 is 2.43 bits per heavy atom. The predicted octanol–water partition coefficient (Wildman–Crippen LogP) is 1.68. The maximum absolute atomic E-state index is 12.6. The van der Waals surface area contributed by atoms with Crippen molar-refractivity contribution in [3.8, 4) is 5.75 Å². The Bertz CT molecular complexity index is 638. The van der Waals surface area contributed by atoms with E-state index in [9.17, 15) is 31.5 Å². The number of alkyl halides is 3. The van der Waals surface area contributed by atoms with Crippen molar-refractivity contribution in [2.45, 2.75) is 19.2 Å². The zero-order valence-corrected chi connectivity index (χ0v) is 11.4. The molecule has 0 aromatic heterocycles. The topological polar surface area (TPSA) is 101 Å². The van der Waals surface area contributed by atoms with Crippen molar-refractivity contribution in [2.24, 2.45) is 0 Å². The molecule has 118 valence electrons. The van der Waals surface area contributed by atoms with Crippen molar-refractivity contribution >= 4 is 16.1 Å². The van der Waals surface area contributed by atoms with Crippen molar-refractivity contribution < 1.29 is 40.8 Å². The number of hydrogen-bond donors (Lipinski definition) is 2. The minimum Gasteiger partial charge on any atom is -0.507 e. The lowest BCUT2D eigenvalue weighted by Gasteiger charge is -2.19. The summed E-state index contributed by atoms with van der Waals surface area (Å²) in [5.41, 5.74) is -0.0716.